The third kappa shape index (κ3) is 3.66. The van der Waals surface area contributed by atoms with Gasteiger partial charge in [0.25, 0.3) is 0 Å². The number of aliphatic imine (C=N–C) groups is 1. The third-order valence-corrected chi connectivity index (χ3v) is 4.81. The van der Waals surface area contributed by atoms with Crippen LogP contribution in [-0.2, 0) is 14.3 Å². The predicted octanol–water partition coefficient (Wildman–Crippen LogP) is 0.640. The van der Waals surface area contributed by atoms with Gasteiger partial charge in [-0.15, -0.1) is 0 Å². The highest BCUT2D eigenvalue weighted by atomic mass is 16.5. The first-order chi connectivity index (χ1) is 12.1. The predicted molar refractivity (Wildman–Crippen MR) is 94.0 cm³/mol. The zero-order valence-corrected chi connectivity index (χ0v) is 14.6. The standard InChI is InChI=1S/C18H24N4O3/c1-3-21-9-11-22(12-10-21)18-19-15(13-7-5-4-6-8-13)14(16(23)20-18)17(24)25-2/h4-8,14-15H,3,9-12H2,1-2H3,(H,19,20,23)/t14-,15+/m0/s1. The van der Waals surface area contributed by atoms with E-state index in [2.05, 4.69) is 22.0 Å². The number of nitrogens with zero attached hydrogens (tertiary/aromatic N) is 3. The van der Waals surface area contributed by atoms with Crippen LogP contribution in [0.5, 0.6) is 0 Å². The van der Waals surface area contributed by atoms with Gasteiger partial charge in [-0.3, -0.25) is 14.9 Å². The lowest BCUT2D eigenvalue weighted by atomic mass is 9.91. The van der Waals surface area contributed by atoms with E-state index in [1.165, 1.54) is 7.11 Å². The molecular weight excluding hydrogens is 320 g/mol. The molecule has 0 unspecified atom stereocenters. The molecule has 0 bridgehead atoms. The second-order valence-electron chi connectivity index (χ2n) is 6.22. The Morgan fingerprint density at radius 1 is 1.24 bits per heavy atom. The number of amides is 1. The normalized spacial score (nSPS) is 24.5. The molecule has 0 aromatic heterocycles. The molecule has 25 heavy (non-hydrogen) atoms. The van der Waals surface area contributed by atoms with Crippen LogP contribution in [0.1, 0.15) is 18.5 Å². The zero-order chi connectivity index (χ0) is 17.8. The van der Waals surface area contributed by atoms with Crippen molar-refractivity contribution in [3.05, 3.63) is 35.9 Å². The van der Waals surface area contributed by atoms with Crippen LogP contribution in [0.2, 0.25) is 0 Å². The SMILES string of the molecule is CCN1CCN(C2=N[C@H](c3ccccc3)[C@H](C(=O)OC)C(=O)N2)CC1. The van der Waals surface area contributed by atoms with Crippen molar-refractivity contribution in [3.8, 4) is 0 Å². The fraction of sp³-hybridized carbons (Fsp3) is 0.500. The minimum absolute atomic E-state index is 0.358. The van der Waals surface area contributed by atoms with Crippen molar-refractivity contribution in [3.63, 3.8) is 0 Å². The van der Waals surface area contributed by atoms with Crippen LogP contribution >= 0.6 is 0 Å². The van der Waals surface area contributed by atoms with Crippen molar-refractivity contribution in [1.82, 2.24) is 15.1 Å². The molecule has 0 aliphatic carbocycles. The van der Waals surface area contributed by atoms with Crippen LogP contribution in [0.3, 0.4) is 0 Å². The van der Waals surface area contributed by atoms with Gasteiger partial charge < -0.3 is 14.5 Å². The van der Waals surface area contributed by atoms with Crippen molar-refractivity contribution in [2.45, 2.75) is 13.0 Å². The van der Waals surface area contributed by atoms with Crippen molar-refractivity contribution in [2.75, 3.05) is 39.8 Å². The average Bonchev–Trinajstić information content (AvgIpc) is 2.67. The largest absolute Gasteiger partial charge is 0.468 e. The molecule has 2 atom stereocenters. The molecule has 1 N–H and O–H groups in total. The first-order valence-corrected chi connectivity index (χ1v) is 8.62. The number of carbonyl (C=O) groups is 2. The number of guanidine groups is 1. The Balaban J connectivity index is 1.89. The van der Waals surface area contributed by atoms with Gasteiger partial charge in [0.1, 0.15) is 6.04 Å². The molecule has 7 nitrogen and oxygen atoms in total. The number of hydrogen-bond acceptors (Lipinski definition) is 6. The minimum Gasteiger partial charge on any atom is -0.468 e. The van der Waals surface area contributed by atoms with Crippen LogP contribution in [0, 0.1) is 5.92 Å². The Hall–Kier alpha value is -2.41. The summed E-state index contributed by atoms with van der Waals surface area (Å²) in [6, 6.07) is 8.86. The molecule has 1 aromatic carbocycles. The van der Waals surface area contributed by atoms with Crippen molar-refractivity contribution in [2.24, 2.45) is 10.9 Å². The maximum absolute atomic E-state index is 12.6. The number of benzene rings is 1. The first-order valence-electron chi connectivity index (χ1n) is 8.62. The zero-order valence-electron chi connectivity index (χ0n) is 14.6. The molecule has 0 saturated carbocycles. The quantitative estimate of drug-likeness (QED) is 0.643. The molecule has 1 amide bonds. The maximum atomic E-state index is 12.6. The molecule has 2 aliphatic heterocycles. The fourth-order valence-corrected chi connectivity index (χ4v) is 3.29. The van der Waals surface area contributed by atoms with Gasteiger partial charge in [0.05, 0.1) is 7.11 Å². The smallest absolute Gasteiger partial charge is 0.320 e. The van der Waals surface area contributed by atoms with Gasteiger partial charge in [0, 0.05) is 26.2 Å². The summed E-state index contributed by atoms with van der Waals surface area (Å²) in [5, 5.41) is 2.80. The molecule has 2 aliphatic rings. The Morgan fingerprint density at radius 3 is 2.52 bits per heavy atom. The molecular formula is C18H24N4O3. The van der Waals surface area contributed by atoms with Crippen molar-refractivity contribution in [1.29, 1.82) is 0 Å². The van der Waals surface area contributed by atoms with Crippen LogP contribution in [0.25, 0.3) is 0 Å². The topological polar surface area (TPSA) is 74.2 Å². The molecule has 1 fully saturated rings. The van der Waals surface area contributed by atoms with E-state index in [4.69, 9.17) is 9.73 Å². The Bertz CT molecular complexity index is 654. The van der Waals surface area contributed by atoms with Crippen LogP contribution in [0.15, 0.2) is 35.3 Å². The molecule has 0 radical (unpaired) electrons. The van der Waals surface area contributed by atoms with Gasteiger partial charge in [0.15, 0.2) is 5.92 Å². The van der Waals surface area contributed by atoms with Gasteiger partial charge >= 0.3 is 5.97 Å². The Morgan fingerprint density at radius 2 is 1.92 bits per heavy atom. The van der Waals surface area contributed by atoms with Gasteiger partial charge in [0.2, 0.25) is 11.9 Å². The van der Waals surface area contributed by atoms with Crippen LogP contribution in [0.4, 0.5) is 0 Å². The molecule has 2 heterocycles. The number of rotatable bonds is 3. The minimum atomic E-state index is -0.965. The van der Waals surface area contributed by atoms with Crippen LogP contribution < -0.4 is 5.32 Å². The van der Waals surface area contributed by atoms with E-state index in [-0.39, 0.29) is 5.91 Å². The van der Waals surface area contributed by atoms with Gasteiger partial charge in [-0.25, -0.2) is 4.99 Å². The summed E-state index contributed by atoms with van der Waals surface area (Å²) in [5.74, 6) is -1.34. The van der Waals surface area contributed by atoms with E-state index in [1.807, 2.05) is 30.3 Å². The Labute approximate surface area is 147 Å². The summed E-state index contributed by atoms with van der Waals surface area (Å²) in [5.41, 5.74) is 0.831. The van der Waals surface area contributed by atoms with E-state index in [9.17, 15) is 9.59 Å². The van der Waals surface area contributed by atoms with Crippen LogP contribution in [-0.4, -0.2) is 67.5 Å². The lowest BCUT2D eigenvalue weighted by Crippen LogP contribution is -2.57. The van der Waals surface area contributed by atoms with E-state index < -0.39 is 17.9 Å². The summed E-state index contributed by atoms with van der Waals surface area (Å²) in [4.78, 5) is 33.9. The summed E-state index contributed by atoms with van der Waals surface area (Å²) >= 11 is 0. The number of methoxy groups -OCH3 is 1. The molecule has 1 saturated heterocycles. The summed E-state index contributed by atoms with van der Waals surface area (Å²) in [7, 11) is 1.29. The summed E-state index contributed by atoms with van der Waals surface area (Å²) in [6.07, 6.45) is 0. The highest BCUT2D eigenvalue weighted by Crippen LogP contribution is 2.30. The molecule has 3 rings (SSSR count). The molecule has 134 valence electrons. The number of ether oxygens (including phenoxy) is 1. The lowest BCUT2D eigenvalue weighted by molar-refractivity contribution is -0.151. The van der Waals surface area contributed by atoms with E-state index in [1.54, 1.807) is 0 Å². The molecule has 1 aromatic rings. The van der Waals surface area contributed by atoms with E-state index in [0.29, 0.717) is 5.96 Å². The molecule has 7 heteroatoms. The third-order valence-electron chi connectivity index (χ3n) is 4.81. The van der Waals surface area contributed by atoms with Gasteiger partial charge in [-0.1, -0.05) is 37.3 Å². The number of piperazine rings is 1. The number of nitrogens with one attached hydrogen (secondary N) is 1. The van der Waals surface area contributed by atoms with E-state index in [0.717, 1.165) is 38.3 Å². The van der Waals surface area contributed by atoms with E-state index >= 15 is 0 Å². The lowest BCUT2D eigenvalue weighted by Gasteiger charge is -2.38. The summed E-state index contributed by atoms with van der Waals surface area (Å²) < 4.78 is 4.83. The summed E-state index contributed by atoms with van der Waals surface area (Å²) in [6.45, 7) is 6.63. The van der Waals surface area contributed by atoms with Gasteiger partial charge in [-0.2, -0.15) is 0 Å². The first kappa shape index (κ1) is 17.4. The van der Waals surface area contributed by atoms with Crippen molar-refractivity contribution >= 4 is 17.8 Å². The number of carbonyl (C=O) groups excluding carboxylic acids is 2. The monoisotopic (exact) mass is 344 g/mol. The fourth-order valence-electron chi connectivity index (χ4n) is 3.29. The second kappa shape index (κ2) is 7.65. The highest BCUT2D eigenvalue weighted by Gasteiger charge is 2.41. The van der Waals surface area contributed by atoms with Crippen molar-refractivity contribution < 1.29 is 14.3 Å². The molecule has 0 spiro atoms. The number of likely N-dealkylation sites (N-methyl/N-ethyl adjacent to an activating group) is 1. The maximum Gasteiger partial charge on any atom is 0.320 e. The Kier molecular flexibility index (Phi) is 5.33. The number of esters is 1. The number of hydrogen-bond donors (Lipinski definition) is 1. The average molecular weight is 344 g/mol. The highest BCUT2D eigenvalue weighted by molar-refractivity contribution is 6.08. The second-order valence-corrected chi connectivity index (χ2v) is 6.22. The van der Waals surface area contributed by atoms with Gasteiger partial charge in [-0.05, 0) is 12.1 Å².